The van der Waals surface area contributed by atoms with E-state index in [0.29, 0.717) is 27.1 Å². The number of hydrogen-bond donors (Lipinski definition) is 0. The average Bonchev–Trinajstić information content (AvgIpc) is 2.86. The third-order valence-electron chi connectivity index (χ3n) is 3.24. The minimum atomic E-state index is -0.731. The molecular formula is C17H11ClFN3O2S2. The Hall–Kier alpha value is -2.29. The van der Waals surface area contributed by atoms with E-state index in [2.05, 4.69) is 16.5 Å². The topological polar surface area (TPSA) is 55.3 Å². The molecule has 1 aliphatic heterocycles. The number of halogens is 2. The number of ether oxygens (including phenoxy) is 1. The molecule has 0 unspecified atom stereocenters. The van der Waals surface area contributed by atoms with Crippen molar-refractivity contribution in [1.82, 2.24) is 14.9 Å². The maximum atomic E-state index is 13.7. The van der Waals surface area contributed by atoms with Gasteiger partial charge in [0.05, 0.1) is 11.1 Å². The van der Waals surface area contributed by atoms with E-state index >= 15 is 0 Å². The summed E-state index contributed by atoms with van der Waals surface area (Å²) < 4.78 is 19.6. The van der Waals surface area contributed by atoms with E-state index in [-0.39, 0.29) is 17.1 Å². The maximum Gasteiger partial charge on any atom is 0.266 e. The molecule has 1 fully saturated rings. The monoisotopic (exact) mass is 407 g/mol. The van der Waals surface area contributed by atoms with Crippen molar-refractivity contribution >= 4 is 51.9 Å². The van der Waals surface area contributed by atoms with Gasteiger partial charge in [0, 0.05) is 6.54 Å². The molecule has 0 saturated carbocycles. The lowest BCUT2D eigenvalue weighted by Crippen LogP contribution is -2.27. The zero-order chi connectivity index (χ0) is 18.7. The Kier molecular flexibility index (Phi) is 5.65. The predicted octanol–water partition coefficient (Wildman–Crippen LogP) is 4.45. The second-order valence-corrected chi connectivity index (χ2v) is 7.06. The molecule has 1 aromatic heterocycles. The Morgan fingerprint density at radius 2 is 2.27 bits per heavy atom. The molecule has 1 saturated heterocycles. The summed E-state index contributed by atoms with van der Waals surface area (Å²) in [6.07, 6.45) is 4.24. The second kappa shape index (κ2) is 7.94. The molecule has 0 atom stereocenters. The fraction of sp³-hybridized carbons (Fsp3) is 0.0588. The van der Waals surface area contributed by atoms with Crippen LogP contribution in [0.4, 0.5) is 4.39 Å². The van der Waals surface area contributed by atoms with Gasteiger partial charge in [-0.1, -0.05) is 42.2 Å². The van der Waals surface area contributed by atoms with Crippen LogP contribution in [0.25, 0.3) is 6.08 Å². The normalized spacial score (nSPS) is 15.6. The average molecular weight is 408 g/mol. The lowest BCUT2D eigenvalue weighted by atomic mass is 10.2. The van der Waals surface area contributed by atoms with Crippen molar-refractivity contribution in [2.75, 3.05) is 6.54 Å². The van der Waals surface area contributed by atoms with Gasteiger partial charge in [-0.05, 0) is 35.4 Å². The van der Waals surface area contributed by atoms with Crippen LogP contribution in [0.1, 0.15) is 5.56 Å². The van der Waals surface area contributed by atoms with E-state index < -0.39 is 5.82 Å². The van der Waals surface area contributed by atoms with E-state index in [9.17, 15) is 9.18 Å². The van der Waals surface area contributed by atoms with Gasteiger partial charge in [-0.2, -0.15) is 9.37 Å². The van der Waals surface area contributed by atoms with Crippen molar-refractivity contribution in [3.8, 4) is 11.6 Å². The first-order valence-corrected chi connectivity index (χ1v) is 8.90. The molecule has 0 bridgehead atoms. The second-order valence-electron chi connectivity index (χ2n) is 5.05. The highest BCUT2D eigenvalue weighted by molar-refractivity contribution is 8.26. The molecule has 2 aromatic rings. The van der Waals surface area contributed by atoms with Gasteiger partial charge < -0.3 is 4.74 Å². The van der Waals surface area contributed by atoms with Crippen molar-refractivity contribution < 1.29 is 13.9 Å². The van der Waals surface area contributed by atoms with Crippen molar-refractivity contribution in [3.63, 3.8) is 0 Å². The predicted molar refractivity (Wildman–Crippen MR) is 104 cm³/mol. The van der Waals surface area contributed by atoms with Gasteiger partial charge in [-0.25, -0.2) is 4.98 Å². The number of hydrogen-bond acceptors (Lipinski definition) is 6. The molecule has 0 aliphatic carbocycles. The summed E-state index contributed by atoms with van der Waals surface area (Å²) >= 11 is 12.1. The molecule has 0 radical (unpaired) electrons. The van der Waals surface area contributed by atoms with Crippen LogP contribution < -0.4 is 4.74 Å². The first kappa shape index (κ1) is 18.5. The van der Waals surface area contributed by atoms with Gasteiger partial charge in [0.15, 0.2) is 0 Å². The van der Waals surface area contributed by atoms with Crippen molar-refractivity contribution in [2.45, 2.75) is 0 Å². The van der Waals surface area contributed by atoms with Crippen LogP contribution in [0.3, 0.4) is 0 Å². The van der Waals surface area contributed by atoms with Crippen LogP contribution in [-0.2, 0) is 4.79 Å². The molecule has 9 heteroatoms. The van der Waals surface area contributed by atoms with Gasteiger partial charge in [0.2, 0.25) is 11.1 Å². The van der Waals surface area contributed by atoms with Gasteiger partial charge in [-0.15, -0.1) is 6.58 Å². The lowest BCUT2D eigenvalue weighted by molar-refractivity contribution is -0.121. The molecular weight excluding hydrogens is 397 g/mol. The van der Waals surface area contributed by atoms with Gasteiger partial charge in [0.25, 0.3) is 11.8 Å². The highest BCUT2D eigenvalue weighted by atomic mass is 35.5. The zero-order valence-corrected chi connectivity index (χ0v) is 15.6. The summed E-state index contributed by atoms with van der Waals surface area (Å²) in [6.45, 7) is 3.98. The van der Waals surface area contributed by atoms with Crippen molar-refractivity contribution in [2.24, 2.45) is 0 Å². The van der Waals surface area contributed by atoms with Crippen LogP contribution in [0.15, 0.2) is 48.0 Å². The Morgan fingerprint density at radius 3 is 3.04 bits per heavy atom. The molecule has 0 N–H and O–H groups in total. The molecule has 1 amide bonds. The number of nitrogens with zero attached hydrogens (tertiary/aromatic N) is 3. The fourth-order valence-electron chi connectivity index (χ4n) is 2.12. The number of rotatable bonds is 5. The Morgan fingerprint density at radius 1 is 1.46 bits per heavy atom. The molecule has 1 aliphatic rings. The van der Waals surface area contributed by atoms with E-state index in [0.717, 1.165) is 6.20 Å². The summed E-state index contributed by atoms with van der Waals surface area (Å²) in [6, 6.07) is 6.79. The summed E-state index contributed by atoms with van der Waals surface area (Å²) in [7, 11) is 0. The first-order valence-electron chi connectivity index (χ1n) is 7.30. The number of benzene rings is 1. The molecule has 26 heavy (non-hydrogen) atoms. The highest BCUT2D eigenvalue weighted by Crippen LogP contribution is 2.33. The third-order valence-corrected chi connectivity index (χ3v) is 4.80. The molecule has 3 rings (SSSR count). The van der Waals surface area contributed by atoms with Crippen LogP contribution >= 0.6 is 35.6 Å². The smallest absolute Gasteiger partial charge is 0.266 e. The summed E-state index contributed by atoms with van der Waals surface area (Å²) in [5.41, 5.74) is 0.696. The highest BCUT2D eigenvalue weighted by Gasteiger charge is 2.30. The third kappa shape index (κ3) is 4.09. The number of carbonyl (C=O) groups is 1. The standard InChI is InChI=1S/C17H11ClFN3O2S2/c1-2-6-22-15(23)13(26-17(22)25)8-10-4-3-5-11(7-10)24-14-12(19)9-20-16(18)21-14/h2-5,7-9H,1,6H2/b13-8-. The number of carbonyl (C=O) groups excluding carboxylic acids is 1. The van der Waals surface area contributed by atoms with E-state index in [1.54, 1.807) is 36.4 Å². The summed E-state index contributed by atoms with van der Waals surface area (Å²) in [5.74, 6) is -0.849. The SMILES string of the molecule is C=CCN1C(=O)/C(=C/c2cccc(Oc3nc(Cl)ncc3F)c2)SC1=S. The van der Waals surface area contributed by atoms with E-state index in [1.165, 1.54) is 16.7 Å². The lowest BCUT2D eigenvalue weighted by Gasteiger charge is -2.10. The largest absolute Gasteiger partial charge is 0.436 e. The number of thioether (sulfide) groups is 1. The number of aromatic nitrogens is 2. The first-order chi connectivity index (χ1) is 12.5. The molecule has 5 nitrogen and oxygen atoms in total. The van der Waals surface area contributed by atoms with Gasteiger partial charge in [0.1, 0.15) is 10.1 Å². The Bertz CT molecular complexity index is 936. The Labute approximate surface area is 163 Å². The van der Waals surface area contributed by atoms with E-state index in [4.69, 9.17) is 28.6 Å². The summed E-state index contributed by atoms with van der Waals surface area (Å²) in [5, 5.41) is -0.122. The van der Waals surface area contributed by atoms with Gasteiger partial charge in [-0.3, -0.25) is 9.69 Å². The van der Waals surface area contributed by atoms with E-state index in [1.807, 2.05) is 0 Å². The van der Waals surface area contributed by atoms with Gasteiger partial charge >= 0.3 is 0 Å². The summed E-state index contributed by atoms with van der Waals surface area (Å²) in [4.78, 5) is 21.6. The van der Waals surface area contributed by atoms with Crippen LogP contribution in [0.2, 0.25) is 5.28 Å². The maximum absolute atomic E-state index is 13.7. The number of amides is 1. The van der Waals surface area contributed by atoms with Crippen molar-refractivity contribution in [3.05, 3.63) is 64.7 Å². The molecule has 132 valence electrons. The van der Waals surface area contributed by atoms with Crippen molar-refractivity contribution in [1.29, 1.82) is 0 Å². The van der Waals surface area contributed by atoms with Crippen LogP contribution in [-0.4, -0.2) is 31.6 Å². The molecule has 2 heterocycles. The Balaban J connectivity index is 1.84. The molecule has 0 spiro atoms. The number of thiocarbonyl (C=S) groups is 1. The molecule has 1 aromatic carbocycles. The minimum absolute atomic E-state index is 0.122. The fourth-order valence-corrected chi connectivity index (χ4v) is 3.52. The van der Waals surface area contributed by atoms with Crippen LogP contribution in [0, 0.1) is 5.82 Å². The minimum Gasteiger partial charge on any atom is -0.436 e. The zero-order valence-electron chi connectivity index (χ0n) is 13.2. The van der Waals surface area contributed by atoms with Crippen LogP contribution in [0.5, 0.6) is 11.6 Å². The quantitative estimate of drug-likeness (QED) is 0.316.